The summed E-state index contributed by atoms with van der Waals surface area (Å²) in [5.41, 5.74) is 1.28. The molecule has 0 aliphatic carbocycles. The SMILES string of the molecule is CCNCC(CCSCC)Cc1ccccc1Cl. The van der Waals surface area contributed by atoms with E-state index in [-0.39, 0.29) is 0 Å². The highest BCUT2D eigenvalue weighted by molar-refractivity contribution is 7.99. The first kappa shape index (κ1) is 15.9. The van der Waals surface area contributed by atoms with Crippen LogP contribution in [0.15, 0.2) is 24.3 Å². The minimum Gasteiger partial charge on any atom is -0.317 e. The number of nitrogens with one attached hydrogen (secondary N) is 1. The third-order valence-corrected chi connectivity index (χ3v) is 4.33. The monoisotopic (exact) mass is 285 g/mol. The van der Waals surface area contributed by atoms with Gasteiger partial charge in [0, 0.05) is 5.02 Å². The van der Waals surface area contributed by atoms with Gasteiger partial charge in [0.1, 0.15) is 0 Å². The Bertz CT molecular complexity index is 330. The molecule has 0 spiro atoms. The van der Waals surface area contributed by atoms with Gasteiger partial charge in [0.25, 0.3) is 0 Å². The van der Waals surface area contributed by atoms with Gasteiger partial charge < -0.3 is 5.32 Å². The van der Waals surface area contributed by atoms with E-state index in [9.17, 15) is 0 Å². The van der Waals surface area contributed by atoms with Crippen LogP contribution in [-0.2, 0) is 6.42 Å². The molecule has 1 aromatic rings. The van der Waals surface area contributed by atoms with Crippen LogP contribution in [0.5, 0.6) is 0 Å². The van der Waals surface area contributed by atoms with Crippen LogP contribution in [0.25, 0.3) is 0 Å². The fourth-order valence-corrected chi connectivity index (χ4v) is 3.00. The molecular formula is C15H24ClNS. The maximum atomic E-state index is 6.24. The highest BCUT2D eigenvalue weighted by Gasteiger charge is 2.11. The van der Waals surface area contributed by atoms with Gasteiger partial charge in [-0.25, -0.2) is 0 Å². The van der Waals surface area contributed by atoms with E-state index in [0.717, 1.165) is 24.5 Å². The topological polar surface area (TPSA) is 12.0 Å². The number of hydrogen-bond donors (Lipinski definition) is 1. The van der Waals surface area contributed by atoms with E-state index in [2.05, 4.69) is 31.3 Å². The average Bonchev–Trinajstić information content (AvgIpc) is 2.38. The molecule has 0 aliphatic heterocycles. The predicted molar refractivity (Wildman–Crippen MR) is 84.8 cm³/mol. The van der Waals surface area contributed by atoms with Gasteiger partial charge in [-0.15, -0.1) is 0 Å². The molecule has 0 saturated carbocycles. The second-order valence-corrected chi connectivity index (χ2v) is 6.26. The summed E-state index contributed by atoms with van der Waals surface area (Å²) in [6.45, 7) is 6.51. The first-order chi connectivity index (χ1) is 8.77. The highest BCUT2D eigenvalue weighted by atomic mass is 35.5. The van der Waals surface area contributed by atoms with Crippen LogP contribution >= 0.6 is 23.4 Å². The maximum Gasteiger partial charge on any atom is 0.0438 e. The van der Waals surface area contributed by atoms with Gasteiger partial charge in [-0.2, -0.15) is 11.8 Å². The Kier molecular flexibility index (Phi) is 8.57. The van der Waals surface area contributed by atoms with Crippen molar-refractivity contribution in [1.29, 1.82) is 0 Å². The molecular weight excluding hydrogens is 262 g/mol. The fraction of sp³-hybridized carbons (Fsp3) is 0.600. The summed E-state index contributed by atoms with van der Waals surface area (Å²) in [7, 11) is 0. The van der Waals surface area contributed by atoms with E-state index in [1.165, 1.54) is 23.5 Å². The Morgan fingerprint density at radius 3 is 2.72 bits per heavy atom. The molecule has 0 saturated heterocycles. The van der Waals surface area contributed by atoms with Crippen molar-refractivity contribution in [2.75, 3.05) is 24.6 Å². The number of thioether (sulfide) groups is 1. The van der Waals surface area contributed by atoms with Crippen molar-refractivity contribution in [2.45, 2.75) is 26.7 Å². The van der Waals surface area contributed by atoms with Gasteiger partial charge in [0.2, 0.25) is 0 Å². The summed E-state index contributed by atoms with van der Waals surface area (Å²) in [5, 5.41) is 4.37. The Labute approximate surface area is 121 Å². The lowest BCUT2D eigenvalue weighted by Crippen LogP contribution is -2.24. The lowest BCUT2D eigenvalue weighted by atomic mass is 9.97. The quantitative estimate of drug-likeness (QED) is 0.681. The largest absolute Gasteiger partial charge is 0.317 e. The second-order valence-electron chi connectivity index (χ2n) is 4.45. The van der Waals surface area contributed by atoms with Crippen LogP contribution in [0, 0.1) is 5.92 Å². The van der Waals surface area contributed by atoms with E-state index in [0.29, 0.717) is 5.92 Å². The molecule has 102 valence electrons. The molecule has 0 amide bonds. The highest BCUT2D eigenvalue weighted by Crippen LogP contribution is 2.21. The van der Waals surface area contributed by atoms with E-state index in [1.807, 2.05) is 23.9 Å². The van der Waals surface area contributed by atoms with E-state index < -0.39 is 0 Å². The van der Waals surface area contributed by atoms with Crippen LogP contribution in [0.1, 0.15) is 25.8 Å². The minimum atomic E-state index is 0.684. The Hall–Kier alpha value is -0.180. The van der Waals surface area contributed by atoms with E-state index in [4.69, 9.17) is 11.6 Å². The number of rotatable bonds is 9. The van der Waals surface area contributed by atoms with Crippen molar-refractivity contribution in [3.63, 3.8) is 0 Å². The van der Waals surface area contributed by atoms with Gasteiger partial charge in [0.05, 0.1) is 0 Å². The lowest BCUT2D eigenvalue weighted by Gasteiger charge is -2.17. The molecule has 1 rings (SSSR count). The Morgan fingerprint density at radius 1 is 1.28 bits per heavy atom. The van der Waals surface area contributed by atoms with Gasteiger partial charge in [-0.1, -0.05) is 43.6 Å². The number of hydrogen-bond acceptors (Lipinski definition) is 2. The zero-order valence-electron chi connectivity index (χ0n) is 11.4. The number of halogens is 1. The van der Waals surface area contributed by atoms with Gasteiger partial charge in [-0.05, 0) is 55.0 Å². The molecule has 0 radical (unpaired) electrons. The summed E-state index contributed by atoms with van der Waals surface area (Å²) in [5.74, 6) is 3.14. The van der Waals surface area contributed by atoms with E-state index >= 15 is 0 Å². The van der Waals surface area contributed by atoms with Crippen LogP contribution < -0.4 is 5.32 Å². The molecule has 0 bridgehead atoms. The van der Waals surface area contributed by atoms with Crippen LogP contribution in [0.3, 0.4) is 0 Å². The molecule has 18 heavy (non-hydrogen) atoms. The molecule has 1 unspecified atom stereocenters. The first-order valence-electron chi connectivity index (χ1n) is 6.79. The molecule has 1 aromatic carbocycles. The third kappa shape index (κ3) is 6.12. The third-order valence-electron chi connectivity index (χ3n) is 3.02. The molecule has 0 fully saturated rings. The van der Waals surface area contributed by atoms with Crippen molar-refractivity contribution in [1.82, 2.24) is 5.32 Å². The Balaban J connectivity index is 2.51. The summed E-state index contributed by atoms with van der Waals surface area (Å²) in [6.07, 6.45) is 2.34. The number of benzene rings is 1. The maximum absolute atomic E-state index is 6.24. The van der Waals surface area contributed by atoms with Crippen molar-refractivity contribution < 1.29 is 0 Å². The summed E-state index contributed by atoms with van der Waals surface area (Å²) < 4.78 is 0. The van der Waals surface area contributed by atoms with Gasteiger partial charge in [-0.3, -0.25) is 0 Å². The van der Waals surface area contributed by atoms with Crippen LogP contribution in [-0.4, -0.2) is 24.6 Å². The second kappa shape index (κ2) is 9.71. The van der Waals surface area contributed by atoms with Crippen molar-refractivity contribution in [3.8, 4) is 0 Å². The molecule has 3 heteroatoms. The van der Waals surface area contributed by atoms with E-state index in [1.54, 1.807) is 0 Å². The van der Waals surface area contributed by atoms with Crippen LogP contribution in [0.2, 0.25) is 5.02 Å². The predicted octanol–water partition coefficient (Wildman–Crippen LogP) is 4.25. The zero-order chi connectivity index (χ0) is 13.2. The molecule has 1 atom stereocenters. The van der Waals surface area contributed by atoms with Crippen LogP contribution in [0.4, 0.5) is 0 Å². The standard InChI is InChI=1S/C15H24ClNS/c1-3-17-12-13(9-10-18-4-2)11-14-7-5-6-8-15(14)16/h5-8,13,17H,3-4,9-12H2,1-2H3. The lowest BCUT2D eigenvalue weighted by molar-refractivity contribution is 0.470. The molecule has 1 N–H and O–H groups in total. The smallest absolute Gasteiger partial charge is 0.0438 e. The van der Waals surface area contributed by atoms with Gasteiger partial charge in [0.15, 0.2) is 0 Å². The molecule has 0 heterocycles. The van der Waals surface area contributed by atoms with Crippen molar-refractivity contribution in [3.05, 3.63) is 34.9 Å². The average molecular weight is 286 g/mol. The molecule has 0 aliphatic rings. The fourth-order valence-electron chi connectivity index (χ4n) is 1.99. The Morgan fingerprint density at radius 2 is 2.06 bits per heavy atom. The van der Waals surface area contributed by atoms with Crippen molar-refractivity contribution in [2.24, 2.45) is 5.92 Å². The molecule has 1 nitrogen and oxygen atoms in total. The summed E-state index contributed by atoms with van der Waals surface area (Å²) in [4.78, 5) is 0. The van der Waals surface area contributed by atoms with Gasteiger partial charge >= 0.3 is 0 Å². The minimum absolute atomic E-state index is 0.684. The summed E-state index contributed by atoms with van der Waals surface area (Å²) in [6, 6.07) is 8.21. The first-order valence-corrected chi connectivity index (χ1v) is 8.33. The normalized spacial score (nSPS) is 12.6. The zero-order valence-corrected chi connectivity index (χ0v) is 13.0. The van der Waals surface area contributed by atoms with Crippen molar-refractivity contribution >= 4 is 23.4 Å². The summed E-state index contributed by atoms with van der Waals surface area (Å²) >= 11 is 8.26. The molecule has 0 aromatic heterocycles.